The molecule has 1 saturated carbocycles. The molecule has 2 aromatic rings. The zero-order chi connectivity index (χ0) is 13.2. The molecule has 0 radical (unpaired) electrons. The number of rotatable bonds is 4. The number of carbonyl (C=O) groups excluding carboxylic acids is 1. The summed E-state index contributed by atoms with van der Waals surface area (Å²) in [6.07, 6.45) is 4.25. The fourth-order valence-corrected chi connectivity index (χ4v) is 1.96. The first-order valence-corrected chi connectivity index (χ1v) is 6.94. The molecule has 3 rings (SSSR count). The van der Waals surface area contributed by atoms with E-state index in [1.807, 2.05) is 18.2 Å². The van der Waals surface area contributed by atoms with E-state index in [9.17, 15) is 4.79 Å². The maximum absolute atomic E-state index is 12.2. The van der Waals surface area contributed by atoms with E-state index in [1.165, 1.54) is 0 Å². The predicted octanol–water partition coefficient (Wildman–Crippen LogP) is 3.62. The molecule has 0 spiro atoms. The number of aromatic nitrogens is 1. The Balaban J connectivity index is 1.77. The first kappa shape index (κ1) is 12.4. The van der Waals surface area contributed by atoms with Crippen LogP contribution in [0.2, 0.25) is 0 Å². The van der Waals surface area contributed by atoms with Gasteiger partial charge in [-0.1, -0.05) is 0 Å². The molecule has 0 aliphatic heterocycles. The molecular weight excluding hydrogens is 306 g/mol. The monoisotopic (exact) mass is 317 g/mol. The topological polar surface area (TPSA) is 39.2 Å². The minimum Gasteiger partial charge on any atom is -0.490 e. The molecule has 96 valence electrons. The van der Waals surface area contributed by atoms with E-state index >= 15 is 0 Å². The SMILES string of the molecule is O=C(c1ccc(OC2CC2)cc1)c1ccc(Br)cn1. The average molecular weight is 318 g/mol. The van der Waals surface area contributed by atoms with Crippen LogP contribution in [0.3, 0.4) is 0 Å². The summed E-state index contributed by atoms with van der Waals surface area (Å²) < 4.78 is 6.51. The Bertz CT molecular complexity index is 589. The molecule has 0 atom stereocenters. The Morgan fingerprint density at radius 2 is 1.89 bits per heavy atom. The molecule has 1 aliphatic carbocycles. The lowest BCUT2D eigenvalue weighted by atomic mass is 10.1. The first-order valence-electron chi connectivity index (χ1n) is 6.15. The number of benzene rings is 1. The predicted molar refractivity (Wildman–Crippen MR) is 75.5 cm³/mol. The summed E-state index contributed by atoms with van der Waals surface area (Å²) in [7, 11) is 0. The molecule has 0 N–H and O–H groups in total. The van der Waals surface area contributed by atoms with Crippen LogP contribution in [-0.2, 0) is 0 Å². The molecule has 1 aromatic carbocycles. The molecule has 1 aliphatic rings. The number of halogens is 1. The van der Waals surface area contributed by atoms with Crippen molar-refractivity contribution in [2.75, 3.05) is 0 Å². The quantitative estimate of drug-likeness (QED) is 0.808. The van der Waals surface area contributed by atoms with Gasteiger partial charge in [-0.2, -0.15) is 0 Å². The van der Waals surface area contributed by atoms with Gasteiger partial charge in [0.15, 0.2) is 0 Å². The third-order valence-corrected chi connectivity index (χ3v) is 3.37. The second kappa shape index (κ2) is 5.13. The van der Waals surface area contributed by atoms with Crippen LogP contribution in [0.25, 0.3) is 0 Å². The summed E-state index contributed by atoms with van der Waals surface area (Å²) in [5, 5.41) is 0. The summed E-state index contributed by atoms with van der Waals surface area (Å²) in [4.78, 5) is 16.3. The summed E-state index contributed by atoms with van der Waals surface area (Å²) in [5.41, 5.74) is 1.07. The van der Waals surface area contributed by atoms with Gasteiger partial charge in [-0.05, 0) is 65.2 Å². The molecule has 0 unspecified atom stereocenters. The molecule has 4 heteroatoms. The number of carbonyl (C=O) groups is 1. The Labute approximate surface area is 119 Å². The number of ether oxygens (including phenoxy) is 1. The van der Waals surface area contributed by atoms with Crippen LogP contribution in [0.15, 0.2) is 47.1 Å². The van der Waals surface area contributed by atoms with Gasteiger partial charge in [0.2, 0.25) is 5.78 Å². The first-order chi connectivity index (χ1) is 9.22. The maximum atomic E-state index is 12.2. The largest absolute Gasteiger partial charge is 0.490 e. The number of ketones is 1. The van der Waals surface area contributed by atoms with Gasteiger partial charge in [0.1, 0.15) is 11.4 Å². The second-order valence-corrected chi connectivity index (χ2v) is 5.45. The van der Waals surface area contributed by atoms with Crippen molar-refractivity contribution >= 4 is 21.7 Å². The van der Waals surface area contributed by atoms with Crippen LogP contribution in [0, 0.1) is 0 Å². The minimum atomic E-state index is -0.0783. The van der Waals surface area contributed by atoms with Gasteiger partial charge in [-0.25, -0.2) is 0 Å². The fraction of sp³-hybridized carbons (Fsp3) is 0.200. The van der Waals surface area contributed by atoms with Crippen molar-refractivity contribution in [3.05, 3.63) is 58.3 Å². The van der Waals surface area contributed by atoms with Gasteiger partial charge in [-0.3, -0.25) is 9.78 Å². The third kappa shape index (κ3) is 3.01. The van der Waals surface area contributed by atoms with Gasteiger partial charge >= 0.3 is 0 Å². The molecule has 1 aromatic heterocycles. The normalized spacial score (nSPS) is 14.2. The van der Waals surface area contributed by atoms with Crippen LogP contribution in [0.5, 0.6) is 5.75 Å². The molecule has 1 fully saturated rings. The smallest absolute Gasteiger partial charge is 0.211 e. The summed E-state index contributed by atoms with van der Waals surface area (Å²) >= 11 is 3.30. The Kier molecular flexibility index (Phi) is 3.34. The van der Waals surface area contributed by atoms with E-state index in [4.69, 9.17) is 4.74 Å². The van der Waals surface area contributed by atoms with E-state index in [0.29, 0.717) is 17.4 Å². The molecule has 1 heterocycles. The van der Waals surface area contributed by atoms with Gasteiger partial charge in [0, 0.05) is 16.2 Å². The van der Waals surface area contributed by atoms with Gasteiger partial charge < -0.3 is 4.74 Å². The Morgan fingerprint density at radius 1 is 1.16 bits per heavy atom. The van der Waals surface area contributed by atoms with Crippen molar-refractivity contribution in [1.82, 2.24) is 4.98 Å². The third-order valence-electron chi connectivity index (χ3n) is 2.90. The van der Waals surface area contributed by atoms with Crippen LogP contribution in [0.1, 0.15) is 28.9 Å². The Morgan fingerprint density at radius 3 is 2.47 bits per heavy atom. The van der Waals surface area contributed by atoms with E-state index in [0.717, 1.165) is 23.1 Å². The summed E-state index contributed by atoms with van der Waals surface area (Å²) in [6, 6.07) is 10.8. The van der Waals surface area contributed by atoms with Crippen LogP contribution >= 0.6 is 15.9 Å². The van der Waals surface area contributed by atoms with Crippen LogP contribution in [-0.4, -0.2) is 16.9 Å². The van der Waals surface area contributed by atoms with Crippen molar-refractivity contribution in [1.29, 1.82) is 0 Å². The highest BCUT2D eigenvalue weighted by Gasteiger charge is 2.23. The summed E-state index contributed by atoms with van der Waals surface area (Å²) in [6.45, 7) is 0. The lowest BCUT2D eigenvalue weighted by molar-refractivity contribution is 0.103. The van der Waals surface area contributed by atoms with E-state index in [2.05, 4.69) is 20.9 Å². The summed E-state index contributed by atoms with van der Waals surface area (Å²) in [5.74, 6) is 0.744. The highest BCUT2D eigenvalue weighted by atomic mass is 79.9. The van der Waals surface area contributed by atoms with Crippen LogP contribution in [0.4, 0.5) is 0 Å². The molecule has 0 amide bonds. The molecule has 19 heavy (non-hydrogen) atoms. The van der Waals surface area contributed by atoms with E-state index in [-0.39, 0.29) is 5.78 Å². The minimum absolute atomic E-state index is 0.0783. The lowest BCUT2D eigenvalue weighted by Gasteiger charge is -2.05. The number of hydrogen-bond donors (Lipinski definition) is 0. The zero-order valence-corrected chi connectivity index (χ0v) is 11.8. The van der Waals surface area contributed by atoms with Gasteiger partial charge in [0.05, 0.1) is 6.10 Å². The second-order valence-electron chi connectivity index (χ2n) is 4.53. The molecule has 0 saturated heterocycles. The van der Waals surface area contributed by atoms with E-state index < -0.39 is 0 Å². The van der Waals surface area contributed by atoms with Crippen molar-refractivity contribution < 1.29 is 9.53 Å². The van der Waals surface area contributed by atoms with E-state index in [1.54, 1.807) is 24.4 Å². The maximum Gasteiger partial charge on any atom is 0.211 e. The lowest BCUT2D eigenvalue weighted by Crippen LogP contribution is -2.04. The zero-order valence-electron chi connectivity index (χ0n) is 10.2. The van der Waals surface area contributed by atoms with Crippen molar-refractivity contribution in [2.24, 2.45) is 0 Å². The number of pyridine rings is 1. The fourth-order valence-electron chi connectivity index (χ4n) is 1.72. The number of hydrogen-bond acceptors (Lipinski definition) is 3. The molecule has 0 bridgehead atoms. The average Bonchev–Trinajstić information content (AvgIpc) is 3.24. The van der Waals surface area contributed by atoms with Crippen molar-refractivity contribution in [2.45, 2.75) is 18.9 Å². The molecule has 3 nitrogen and oxygen atoms in total. The standard InChI is InChI=1S/C15H12BrNO2/c16-11-3-8-14(17-9-11)15(18)10-1-4-12(5-2-10)19-13-6-7-13/h1-5,8-9,13H,6-7H2. The van der Waals surface area contributed by atoms with Crippen LogP contribution < -0.4 is 4.74 Å². The van der Waals surface area contributed by atoms with Gasteiger partial charge in [-0.15, -0.1) is 0 Å². The Hall–Kier alpha value is -1.68. The van der Waals surface area contributed by atoms with Crippen molar-refractivity contribution in [3.63, 3.8) is 0 Å². The molecular formula is C15H12BrNO2. The van der Waals surface area contributed by atoms with Crippen molar-refractivity contribution in [3.8, 4) is 5.75 Å². The highest BCUT2D eigenvalue weighted by molar-refractivity contribution is 9.10. The van der Waals surface area contributed by atoms with Gasteiger partial charge in [0.25, 0.3) is 0 Å². The number of nitrogens with zero attached hydrogens (tertiary/aromatic N) is 1. The highest BCUT2D eigenvalue weighted by Crippen LogP contribution is 2.27.